The first-order chi connectivity index (χ1) is 13.6. The molecule has 0 N–H and O–H groups in total. The van der Waals surface area contributed by atoms with Crippen LogP contribution < -0.4 is 0 Å². The van der Waals surface area contributed by atoms with E-state index in [1.54, 1.807) is 6.92 Å². The molecule has 2 aromatic rings. The van der Waals surface area contributed by atoms with Gasteiger partial charge in [0.25, 0.3) is 5.91 Å². The number of aryl methyl sites for hydroxylation is 1. The first kappa shape index (κ1) is 18.7. The topological polar surface area (TPSA) is 79.5 Å². The molecule has 2 amide bonds. The molecule has 28 heavy (non-hydrogen) atoms. The number of rotatable bonds is 3. The normalized spacial score (nSPS) is 21.0. The van der Waals surface area contributed by atoms with Crippen molar-refractivity contribution in [1.29, 1.82) is 0 Å². The van der Waals surface area contributed by atoms with E-state index in [-0.39, 0.29) is 23.8 Å². The Morgan fingerprint density at radius 1 is 1.04 bits per heavy atom. The van der Waals surface area contributed by atoms with E-state index in [1.807, 2.05) is 40.1 Å². The molecule has 1 aromatic carbocycles. The Morgan fingerprint density at radius 3 is 2.46 bits per heavy atom. The fourth-order valence-corrected chi connectivity index (χ4v) is 4.27. The maximum atomic E-state index is 13.2. The molecule has 1 atom stereocenters. The third-order valence-corrected chi connectivity index (χ3v) is 5.78. The second-order valence-electron chi connectivity index (χ2n) is 7.66. The summed E-state index contributed by atoms with van der Waals surface area (Å²) in [7, 11) is 0. The molecule has 1 saturated heterocycles. The van der Waals surface area contributed by atoms with Crippen LogP contribution in [0.3, 0.4) is 0 Å². The Kier molecular flexibility index (Phi) is 5.41. The fourth-order valence-electron chi connectivity index (χ4n) is 4.27. The number of hydrogen-bond donors (Lipinski definition) is 0. The SMILES string of the molecule is Cc1noc(C2CCN(C(=O)c3ccccc3)CCN2C(=O)C2CCCC2)n1. The molecule has 148 valence electrons. The van der Waals surface area contributed by atoms with Gasteiger partial charge in [0.05, 0.1) is 0 Å². The predicted molar refractivity (Wildman–Crippen MR) is 102 cm³/mol. The van der Waals surface area contributed by atoms with Gasteiger partial charge in [-0.15, -0.1) is 0 Å². The van der Waals surface area contributed by atoms with Crippen molar-refractivity contribution in [3.05, 3.63) is 47.6 Å². The lowest BCUT2D eigenvalue weighted by Crippen LogP contribution is -2.41. The van der Waals surface area contributed by atoms with Crippen LogP contribution in [0.2, 0.25) is 0 Å². The van der Waals surface area contributed by atoms with E-state index in [2.05, 4.69) is 10.1 Å². The van der Waals surface area contributed by atoms with Crippen molar-refractivity contribution >= 4 is 11.8 Å². The molecule has 0 bridgehead atoms. The van der Waals surface area contributed by atoms with E-state index in [1.165, 1.54) is 0 Å². The van der Waals surface area contributed by atoms with Gasteiger partial charge < -0.3 is 14.3 Å². The molecule has 1 aliphatic heterocycles. The van der Waals surface area contributed by atoms with Gasteiger partial charge in [0.15, 0.2) is 5.82 Å². The minimum absolute atomic E-state index is 0.00350. The smallest absolute Gasteiger partial charge is 0.253 e. The van der Waals surface area contributed by atoms with Crippen LogP contribution in [0.25, 0.3) is 0 Å². The van der Waals surface area contributed by atoms with Gasteiger partial charge in [-0.05, 0) is 38.3 Å². The minimum Gasteiger partial charge on any atom is -0.337 e. The first-order valence-corrected chi connectivity index (χ1v) is 10.1. The van der Waals surface area contributed by atoms with Crippen LogP contribution in [0.5, 0.6) is 0 Å². The molecule has 2 fully saturated rings. The number of nitrogens with zero attached hydrogens (tertiary/aromatic N) is 4. The zero-order chi connectivity index (χ0) is 19.5. The lowest BCUT2D eigenvalue weighted by molar-refractivity contribution is -0.138. The summed E-state index contributed by atoms with van der Waals surface area (Å²) in [6.45, 7) is 3.32. The average molecular weight is 382 g/mol. The predicted octanol–water partition coefficient (Wildman–Crippen LogP) is 2.98. The molecular weight excluding hydrogens is 356 g/mol. The van der Waals surface area contributed by atoms with Crippen molar-refractivity contribution in [2.45, 2.75) is 45.1 Å². The van der Waals surface area contributed by atoms with Gasteiger partial charge in [-0.3, -0.25) is 9.59 Å². The summed E-state index contributed by atoms with van der Waals surface area (Å²) in [5, 5.41) is 3.91. The second-order valence-corrected chi connectivity index (χ2v) is 7.66. The molecule has 1 aromatic heterocycles. The highest BCUT2D eigenvalue weighted by atomic mass is 16.5. The van der Waals surface area contributed by atoms with E-state index >= 15 is 0 Å². The Balaban J connectivity index is 1.56. The molecule has 0 spiro atoms. The summed E-state index contributed by atoms with van der Waals surface area (Å²) in [4.78, 5) is 34.2. The van der Waals surface area contributed by atoms with Crippen molar-refractivity contribution < 1.29 is 14.1 Å². The average Bonchev–Trinajstić information content (AvgIpc) is 3.35. The van der Waals surface area contributed by atoms with Crippen LogP contribution in [0, 0.1) is 12.8 Å². The van der Waals surface area contributed by atoms with E-state index in [9.17, 15) is 9.59 Å². The van der Waals surface area contributed by atoms with Crippen LogP contribution in [-0.4, -0.2) is 51.4 Å². The van der Waals surface area contributed by atoms with Crippen LogP contribution in [0.4, 0.5) is 0 Å². The fraction of sp³-hybridized carbons (Fsp3) is 0.524. The minimum atomic E-state index is -0.275. The van der Waals surface area contributed by atoms with Crippen LogP contribution in [0.1, 0.15) is 60.2 Å². The molecule has 0 radical (unpaired) electrons. The van der Waals surface area contributed by atoms with Crippen LogP contribution in [-0.2, 0) is 4.79 Å². The molecule has 7 nitrogen and oxygen atoms in total. The molecule has 1 aliphatic carbocycles. The highest BCUT2D eigenvalue weighted by Crippen LogP contribution is 2.32. The van der Waals surface area contributed by atoms with Crippen molar-refractivity contribution in [2.75, 3.05) is 19.6 Å². The molecular formula is C21H26N4O3. The number of amides is 2. The van der Waals surface area contributed by atoms with Crippen LogP contribution >= 0.6 is 0 Å². The molecule has 1 saturated carbocycles. The summed E-state index contributed by atoms with van der Waals surface area (Å²) in [6, 6.07) is 9.01. The summed E-state index contributed by atoms with van der Waals surface area (Å²) in [5.74, 6) is 1.26. The maximum absolute atomic E-state index is 13.2. The number of carbonyl (C=O) groups is 2. The van der Waals surface area contributed by atoms with Gasteiger partial charge in [-0.2, -0.15) is 4.98 Å². The zero-order valence-electron chi connectivity index (χ0n) is 16.2. The van der Waals surface area contributed by atoms with Gasteiger partial charge in [-0.25, -0.2) is 0 Å². The summed E-state index contributed by atoms with van der Waals surface area (Å²) in [6.07, 6.45) is 4.69. The number of hydrogen-bond acceptors (Lipinski definition) is 5. The van der Waals surface area contributed by atoms with Gasteiger partial charge in [0.2, 0.25) is 11.8 Å². The van der Waals surface area contributed by atoms with Crippen molar-refractivity contribution in [3.63, 3.8) is 0 Å². The molecule has 1 unspecified atom stereocenters. The number of carbonyl (C=O) groups excluding carboxylic acids is 2. The monoisotopic (exact) mass is 382 g/mol. The summed E-state index contributed by atoms with van der Waals surface area (Å²) in [5.41, 5.74) is 0.670. The Bertz CT molecular complexity index is 829. The standard InChI is InChI=1S/C21H26N4O3/c1-15-22-19(28-23-15)18-11-12-24(20(26)16-7-3-2-4-8-16)13-14-25(18)21(27)17-9-5-6-10-17/h2-4,7-8,17-18H,5-6,9-14H2,1H3. The lowest BCUT2D eigenvalue weighted by Gasteiger charge is -2.29. The van der Waals surface area contributed by atoms with Crippen molar-refractivity contribution in [1.82, 2.24) is 19.9 Å². The van der Waals surface area contributed by atoms with Crippen molar-refractivity contribution in [2.24, 2.45) is 5.92 Å². The number of benzene rings is 1. The third-order valence-electron chi connectivity index (χ3n) is 5.78. The molecule has 7 heteroatoms. The van der Waals surface area contributed by atoms with E-state index in [0.29, 0.717) is 43.3 Å². The zero-order valence-corrected chi connectivity index (χ0v) is 16.2. The van der Waals surface area contributed by atoms with E-state index < -0.39 is 0 Å². The van der Waals surface area contributed by atoms with E-state index in [4.69, 9.17) is 4.52 Å². The van der Waals surface area contributed by atoms with Gasteiger partial charge in [0.1, 0.15) is 6.04 Å². The Hall–Kier alpha value is -2.70. The Labute approximate surface area is 164 Å². The highest BCUT2D eigenvalue weighted by Gasteiger charge is 2.37. The summed E-state index contributed by atoms with van der Waals surface area (Å²) < 4.78 is 5.42. The largest absolute Gasteiger partial charge is 0.337 e. The lowest BCUT2D eigenvalue weighted by atomic mass is 10.0. The van der Waals surface area contributed by atoms with Crippen LogP contribution in [0.15, 0.2) is 34.9 Å². The molecule has 2 heterocycles. The molecule has 4 rings (SSSR count). The highest BCUT2D eigenvalue weighted by molar-refractivity contribution is 5.94. The van der Waals surface area contributed by atoms with Crippen molar-refractivity contribution in [3.8, 4) is 0 Å². The van der Waals surface area contributed by atoms with Gasteiger partial charge in [-0.1, -0.05) is 36.2 Å². The summed E-state index contributed by atoms with van der Waals surface area (Å²) >= 11 is 0. The van der Waals surface area contributed by atoms with Gasteiger partial charge in [0, 0.05) is 31.1 Å². The second kappa shape index (κ2) is 8.12. The molecule has 2 aliphatic rings. The van der Waals surface area contributed by atoms with Gasteiger partial charge >= 0.3 is 0 Å². The van der Waals surface area contributed by atoms with E-state index in [0.717, 1.165) is 25.7 Å². The Morgan fingerprint density at radius 2 is 1.79 bits per heavy atom. The third kappa shape index (κ3) is 3.79. The maximum Gasteiger partial charge on any atom is 0.253 e. The number of aromatic nitrogens is 2. The quantitative estimate of drug-likeness (QED) is 0.815. The first-order valence-electron chi connectivity index (χ1n) is 10.1.